The van der Waals surface area contributed by atoms with E-state index in [0.29, 0.717) is 11.3 Å². The average molecular weight is 427 g/mol. The van der Waals surface area contributed by atoms with Gasteiger partial charge in [0.05, 0.1) is 5.39 Å². The lowest BCUT2D eigenvalue weighted by atomic mass is 9.63. The molecule has 4 atom stereocenters. The van der Waals surface area contributed by atoms with Crippen molar-refractivity contribution in [2.45, 2.75) is 77.6 Å². The monoisotopic (exact) mass is 426 g/mol. The van der Waals surface area contributed by atoms with Crippen molar-refractivity contribution in [2.75, 3.05) is 6.61 Å². The number of hydrogen-bond donors (Lipinski definition) is 0. The molecule has 0 radical (unpaired) electrons. The normalized spacial score (nSPS) is 26.3. The largest absolute Gasteiger partial charge is 0.486 e. The lowest BCUT2D eigenvalue weighted by molar-refractivity contribution is 0.113. The maximum Gasteiger partial charge on any atom is 0.175 e. The molecule has 0 spiro atoms. The third kappa shape index (κ3) is 4.96. The minimum atomic E-state index is -0.597. The average Bonchev–Trinajstić information content (AvgIpc) is 2.78. The lowest BCUT2D eigenvalue weighted by Crippen LogP contribution is -2.30. The van der Waals surface area contributed by atoms with Crippen molar-refractivity contribution in [1.29, 1.82) is 0 Å². The van der Waals surface area contributed by atoms with Gasteiger partial charge in [0, 0.05) is 0 Å². The predicted molar refractivity (Wildman–Crippen MR) is 125 cm³/mol. The fourth-order valence-corrected chi connectivity index (χ4v) is 6.00. The lowest BCUT2D eigenvalue weighted by Gasteiger charge is -2.42. The molecule has 0 N–H and O–H groups in total. The molecule has 2 aliphatic carbocycles. The summed E-state index contributed by atoms with van der Waals surface area (Å²) in [5.41, 5.74) is 1.04. The fourth-order valence-electron chi connectivity index (χ4n) is 6.00. The Morgan fingerprint density at radius 3 is 2.65 bits per heavy atom. The molecule has 2 aliphatic rings. The molecule has 0 aliphatic heterocycles. The number of allylic oxidation sites excluding steroid dienone is 1. The maximum absolute atomic E-state index is 15.0. The number of unbranched alkanes of at least 4 members (excludes halogenated alkanes) is 1. The van der Waals surface area contributed by atoms with Crippen LogP contribution < -0.4 is 4.74 Å². The minimum Gasteiger partial charge on any atom is -0.486 e. The third-order valence-electron chi connectivity index (χ3n) is 7.72. The second-order valence-corrected chi connectivity index (χ2v) is 9.71. The van der Waals surface area contributed by atoms with Crippen molar-refractivity contribution in [1.82, 2.24) is 0 Å². The van der Waals surface area contributed by atoms with Gasteiger partial charge in [-0.25, -0.2) is 8.78 Å². The number of halogens is 2. The van der Waals surface area contributed by atoms with E-state index in [1.807, 2.05) is 19.1 Å². The summed E-state index contributed by atoms with van der Waals surface area (Å²) >= 11 is 0. The third-order valence-corrected chi connectivity index (χ3v) is 7.72. The van der Waals surface area contributed by atoms with Gasteiger partial charge in [-0.05, 0) is 85.8 Å². The van der Waals surface area contributed by atoms with E-state index in [4.69, 9.17) is 4.74 Å². The zero-order chi connectivity index (χ0) is 21.8. The first-order chi connectivity index (χ1) is 15.1. The van der Waals surface area contributed by atoms with E-state index in [1.165, 1.54) is 44.9 Å². The number of ether oxygens (including phenoxy) is 1. The summed E-state index contributed by atoms with van der Waals surface area (Å²) in [6.45, 7) is 4.44. The van der Waals surface area contributed by atoms with Crippen LogP contribution in [0.25, 0.3) is 10.8 Å². The SMILES string of the molecule is C/C=C/COc1ccc2cc(C3CCC4CC(CCCC)CCC4C3)cc(F)c2c1F. The highest BCUT2D eigenvalue weighted by Crippen LogP contribution is 2.49. The number of hydrogen-bond acceptors (Lipinski definition) is 1. The summed E-state index contributed by atoms with van der Waals surface area (Å²) in [4.78, 5) is 0. The van der Waals surface area contributed by atoms with Gasteiger partial charge in [0.25, 0.3) is 0 Å². The first-order valence-corrected chi connectivity index (χ1v) is 12.3. The molecule has 4 rings (SSSR count). The van der Waals surface area contributed by atoms with E-state index in [0.717, 1.165) is 36.2 Å². The van der Waals surface area contributed by atoms with Crippen LogP contribution in [0.15, 0.2) is 36.4 Å². The Kier molecular flexibility index (Phi) is 7.30. The van der Waals surface area contributed by atoms with Crippen LogP contribution in [-0.4, -0.2) is 6.61 Å². The van der Waals surface area contributed by atoms with Crippen molar-refractivity contribution in [3.05, 3.63) is 53.6 Å². The summed E-state index contributed by atoms with van der Waals surface area (Å²) in [7, 11) is 0. The Morgan fingerprint density at radius 1 is 1.03 bits per heavy atom. The quantitative estimate of drug-likeness (QED) is 0.403. The molecule has 0 amide bonds. The van der Waals surface area contributed by atoms with Crippen LogP contribution in [0.3, 0.4) is 0 Å². The van der Waals surface area contributed by atoms with E-state index in [9.17, 15) is 4.39 Å². The molecule has 0 aromatic heterocycles. The van der Waals surface area contributed by atoms with Gasteiger partial charge in [0.15, 0.2) is 11.6 Å². The fraction of sp³-hybridized carbons (Fsp3) is 0.571. The summed E-state index contributed by atoms with van der Waals surface area (Å²) in [5, 5.41) is 0.683. The van der Waals surface area contributed by atoms with Crippen LogP contribution in [0.5, 0.6) is 5.75 Å². The highest BCUT2D eigenvalue weighted by atomic mass is 19.1. The Balaban J connectivity index is 1.49. The molecule has 2 fully saturated rings. The van der Waals surface area contributed by atoms with E-state index in [-0.39, 0.29) is 17.7 Å². The summed E-state index contributed by atoms with van der Waals surface area (Å²) in [6.07, 6.45) is 15.3. The summed E-state index contributed by atoms with van der Waals surface area (Å²) in [6, 6.07) is 7.01. The van der Waals surface area contributed by atoms with Crippen molar-refractivity contribution in [2.24, 2.45) is 17.8 Å². The van der Waals surface area contributed by atoms with E-state index in [2.05, 4.69) is 6.92 Å². The molecular formula is C28H36F2O. The van der Waals surface area contributed by atoms with Crippen LogP contribution >= 0.6 is 0 Å². The topological polar surface area (TPSA) is 9.23 Å². The summed E-state index contributed by atoms with van der Waals surface area (Å²) < 4.78 is 35.4. The van der Waals surface area contributed by atoms with Crippen LogP contribution in [0.2, 0.25) is 0 Å². The Morgan fingerprint density at radius 2 is 1.84 bits per heavy atom. The summed E-state index contributed by atoms with van der Waals surface area (Å²) in [5.74, 6) is 1.98. The number of fused-ring (bicyclic) bond motifs is 2. The molecule has 1 nitrogen and oxygen atoms in total. The maximum atomic E-state index is 15.0. The van der Waals surface area contributed by atoms with Gasteiger partial charge < -0.3 is 4.74 Å². The van der Waals surface area contributed by atoms with Crippen LogP contribution in [0.1, 0.15) is 83.1 Å². The molecular weight excluding hydrogens is 390 g/mol. The molecule has 4 unspecified atom stereocenters. The molecule has 2 saturated carbocycles. The minimum absolute atomic E-state index is 0.0480. The molecule has 2 aromatic rings. The van der Waals surface area contributed by atoms with Gasteiger partial charge >= 0.3 is 0 Å². The van der Waals surface area contributed by atoms with E-state index in [1.54, 1.807) is 24.3 Å². The van der Waals surface area contributed by atoms with E-state index < -0.39 is 11.6 Å². The highest BCUT2D eigenvalue weighted by molar-refractivity contribution is 5.86. The van der Waals surface area contributed by atoms with Gasteiger partial charge in [-0.15, -0.1) is 0 Å². The van der Waals surface area contributed by atoms with Crippen molar-refractivity contribution in [3.8, 4) is 5.75 Å². The molecule has 3 heteroatoms. The number of benzene rings is 2. The van der Waals surface area contributed by atoms with Gasteiger partial charge in [0.2, 0.25) is 0 Å². The van der Waals surface area contributed by atoms with Crippen molar-refractivity contribution in [3.63, 3.8) is 0 Å². The standard InChI is InChI=1S/C28H36F2O/c1-3-5-7-19-8-9-21-16-22(11-10-20(21)15-19)24-17-23-12-13-26(31-14-6-4-2)28(30)27(23)25(29)18-24/h4,6,12-13,17-22H,3,5,7-11,14-16H2,1-2H3/b6-4+. The number of rotatable bonds is 7. The van der Waals surface area contributed by atoms with Crippen molar-refractivity contribution < 1.29 is 13.5 Å². The molecule has 31 heavy (non-hydrogen) atoms. The Hall–Kier alpha value is -1.90. The highest BCUT2D eigenvalue weighted by Gasteiger charge is 2.36. The smallest absolute Gasteiger partial charge is 0.175 e. The zero-order valence-corrected chi connectivity index (χ0v) is 19.0. The van der Waals surface area contributed by atoms with Crippen LogP contribution in [0, 0.1) is 29.4 Å². The van der Waals surface area contributed by atoms with Crippen LogP contribution in [-0.2, 0) is 0 Å². The van der Waals surface area contributed by atoms with Crippen LogP contribution in [0.4, 0.5) is 8.78 Å². The van der Waals surface area contributed by atoms with Gasteiger partial charge in [-0.1, -0.05) is 56.9 Å². The van der Waals surface area contributed by atoms with Crippen molar-refractivity contribution >= 4 is 10.8 Å². The first-order valence-electron chi connectivity index (χ1n) is 12.3. The second-order valence-electron chi connectivity index (χ2n) is 9.71. The predicted octanol–water partition coefficient (Wildman–Crippen LogP) is 8.56. The first kappa shape index (κ1) is 22.3. The molecule has 0 heterocycles. The zero-order valence-electron chi connectivity index (χ0n) is 19.0. The molecule has 0 bridgehead atoms. The van der Waals surface area contributed by atoms with Gasteiger partial charge in [0.1, 0.15) is 12.4 Å². The molecule has 2 aromatic carbocycles. The molecule has 168 valence electrons. The van der Waals surface area contributed by atoms with Gasteiger partial charge in [-0.2, -0.15) is 0 Å². The molecule has 0 saturated heterocycles. The second kappa shape index (κ2) is 10.1. The van der Waals surface area contributed by atoms with E-state index >= 15 is 4.39 Å². The Bertz CT molecular complexity index is 919. The Labute approximate surface area is 185 Å². The van der Waals surface area contributed by atoms with Gasteiger partial charge in [-0.3, -0.25) is 0 Å².